The van der Waals surface area contributed by atoms with Crippen LogP contribution in [0, 0.1) is 6.92 Å². The maximum absolute atomic E-state index is 4.57. The van der Waals surface area contributed by atoms with Crippen molar-refractivity contribution in [2.24, 2.45) is 0 Å². The topological polar surface area (TPSA) is 42.7 Å². The lowest BCUT2D eigenvalue weighted by molar-refractivity contribution is 0.480. The molecule has 4 nitrogen and oxygen atoms in total. The average Bonchev–Trinajstić information content (AvgIpc) is 2.99. The number of pyridine rings is 1. The van der Waals surface area contributed by atoms with Crippen LogP contribution in [0.3, 0.4) is 0 Å². The van der Waals surface area contributed by atoms with Crippen molar-refractivity contribution in [1.29, 1.82) is 0 Å². The molecule has 0 spiro atoms. The minimum absolute atomic E-state index is 0.195. The molecule has 1 aliphatic rings. The van der Waals surface area contributed by atoms with Crippen LogP contribution in [0.4, 0.5) is 0 Å². The second kappa shape index (κ2) is 4.78. The van der Waals surface area contributed by atoms with E-state index in [2.05, 4.69) is 38.9 Å². The van der Waals surface area contributed by atoms with Gasteiger partial charge in [-0.3, -0.25) is 4.98 Å². The highest BCUT2D eigenvalue weighted by Gasteiger charge is 2.33. The summed E-state index contributed by atoms with van der Waals surface area (Å²) in [5.74, 6) is 0. The van der Waals surface area contributed by atoms with E-state index in [1.807, 2.05) is 25.5 Å². The molecule has 2 aromatic rings. The summed E-state index contributed by atoms with van der Waals surface area (Å²) in [6.45, 7) is 7.25. The van der Waals surface area contributed by atoms with Crippen molar-refractivity contribution in [1.82, 2.24) is 19.9 Å². The Kier molecular flexibility index (Phi) is 3.11. The number of imidazole rings is 1. The summed E-state index contributed by atoms with van der Waals surface area (Å²) in [6.07, 6.45) is 5.09. The van der Waals surface area contributed by atoms with Crippen LogP contribution in [0.15, 0.2) is 30.7 Å². The molecule has 19 heavy (non-hydrogen) atoms. The van der Waals surface area contributed by atoms with Crippen molar-refractivity contribution in [3.05, 3.63) is 47.8 Å². The second-order valence-corrected chi connectivity index (χ2v) is 5.66. The smallest absolute Gasteiger partial charge is 0.0952 e. The Morgan fingerprint density at radius 3 is 3.05 bits per heavy atom. The highest BCUT2D eigenvalue weighted by molar-refractivity contribution is 5.19. The van der Waals surface area contributed by atoms with Gasteiger partial charge in [-0.2, -0.15) is 0 Å². The van der Waals surface area contributed by atoms with E-state index in [0.717, 1.165) is 31.0 Å². The lowest BCUT2D eigenvalue weighted by Gasteiger charge is -2.24. The number of hydrogen-bond acceptors (Lipinski definition) is 3. The molecule has 1 unspecified atom stereocenters. The molecular weight excluding hydrogens is 236 g/mol. The summed E-state index contributed by atoms with van der Waals surface area (Å²) in [6, 6.07) is 6.17. The molecule has 0 amide bonds. The minimum Gasteiger partial charge on any atom is -0.328 e. The third-order valence-corrected chi connectivity index (χ3v) is 3.98. The first-order valence-electron chi connectivity index (χ1n) is 6.81. The standard InChI is InChI=1S/C15H20N4/c1-12-4-3-5-13(18-12)9-19-11-17-8-14(19)15(2)6-7-16-10-15/h3-5,8,11,16H,6-7,9-10H2,1-2H3. The first-order valence-corrected chi connectivity index (χ1v) is 6.81. The van der Waals surface area contributed by atoms with Gasteiger partial charge < -0.3 is 9.88 Å². The van der Waals surface area contributed by atoms with Gasteiger partial charge >= 0.3 is 0 Å². The SMILES string of the molecule is Cc1cccc(Cn2cncc2C2(C)CCNC2)n1. The Balaban J connectivity index is 1.88. The molecule has 0 bridgehead atoms. The molecule has 1 atom stereocenters. The molecule has 2 aromatic heterocycles. The van der Waals surface area contributed by atoms with E-state index in [-0.39, 0.29) is 5.41 Å². The molecule has 100 valence electrons. The van der Waals surface area contributed by atoms with Crippen LogP contribution < -0.4 is 5.32 Å². The van der Waals surface area contributed by atoms with E-state index in [1.165, 1.54) is 12.1 Å². The predicted molar refractivity (Wildman–Crippen MR) is 75.1 cm³/mol. The van der Waals surface area contributed by atoms with Gasteiger partial charge in [0, 0.05) is 29.5 Å². The fraction of sp³-hybridized carbons (Fsp3) is 0.467. The normalized spacial score (nSPS) is 22.8. The van der Waals surface area contributed by atoms with Crippen LogP contribution in [-0.4, -0.2) is 27.6 Å². The van der Waals surface area contributed by atoms with Crippen LogP contribution in [0.5, 0.6) is 0 Å². The van der Waals surface area contributed by atoms with Crippen LogP contribution in [0.2, 0.25) is 0 Å². The van der Waals surface area contributed by atoms with Gasteiger partial charge in [0.1, 0.15) is 0 Å². The average molecular weight is 256 g/mol. The molecule has 0 aromatic carbocycles. The number of hydrogen-bond donors (Lipinski definition) is 1. The number of aromatic nitrogens is 3. The molecule has 3 rings (SSSR count). The molecular formula is C15H20N4. The van der Waals surface area contributed by atoms with Gasteiger partial charge in [-0.05, 0) is 32.0 Å². The van der Waals surface area contributed by atoms with E-state index in [4.69, 9.17) is 0 Å². The van der Waals surface area contributed by atoms with Crippen molar-refractivity contribution in [3.63, 3.8) is 0 Å². The molecule has 0 radical (unpaired) electrons. The van der Waals surface area contributed by atoms with Crippen molar-refractivity contribution >= 4 is 0 Å². The Morgan fingerprint density at radius 2 is 2.32 bits per heavy atom. The minimum atomic E-state index is 0.195. The summed E-state index contributed by atoms with van der Waals surface area (Å²) >= 11 is 0. The quantitative estimate of drug-likeness (QED) is 0.912. The van der Waals surface area contributed by atoms with Gasteiger partial charge in [-0.25, -0.2) is 4.98 Å². The van der Waals surface area contributed by atoms with Crippen molar-refractivity contribution in [2.75, 3.05) is 13.1 Å². The van der Waals surface area contributed by atoms with Gasteiger partial charge in [0.2, 0.25) is 0 Å². The van der Waals surface area contributed by atoms with E-state index < -0.39 is 0 Å². The number of rotatable bonds is 3. The van der Waals surface area contributed by atoms with Gasteiger partial charge in [0.15, 0.2) is 0 Å². The van der Waals surface area contributed by atoms with E-state index in [1.54, 1.807) is 0 Å². The Labute approximate surface area is 113 Å². The van der Waals surface area contributed by atoms with E-state index >= 15 is 0 Å². The van der Waals surface area contributed by atoms with Gasteiger partial charge in [0.25, 0.3) is 0 Å². The summed E-state index contributed by atoms with van der Waals surface area (Å²) in [5, 5.41) is 3.44. The van der Waals surface area contributed by atoms with Gasteiger partial charge in [-0.1, -0.05) is 13.0 Å². The van der Waals surface area contributed by atoms with Crippen molar-refractivity contribution < 1.29 is 0 Å². The van der Waals surface area contributed by atoms with Crippen molar-refractivity contribution in [3.8, 4) is 0 Å². The number of nitrogens with one attached hydrogen (secondary N) is 1. The largest absolute Gasteiger partial charge is 0.328 e. The number of aryl methyl sites for hydroxylation is 1. The van der Waals surface area contributed by atoms with Gasteiger partial charge in [0.05, 0.1) is 18.6 Å². The Bertz CT molecular complexity index is 567. The highest BCUT2D eigenvalue weighted by atomic mass is 15.1. The summed E-state index contributed by atoms with van der Waals surface area (Å²) in [7, 11) is 0. The molecule has 1 saturated heterocycles. The van der Waals surface area contributed by atoms with Crippen molar-refractivity contribution in [2.45, 2.75) is 32.2 Å². The highest BCUT2D eigenvalue weighted by Crippen LogP contribution is 2.30. The van der Waals surface area contributed by atoms with Crippen LogP contribution in [0.25, 0.3) is 0 Å². The monoisotopic (exact) mass is 256 g/mol. The zero-order chi connectivity index (χ0) is 13.3. The fourth-order valence-corrected chi connectivity index (χ4v) is 2.85. The third kappa shape index (κ3) is 2.40. The lowest BCUT2D eigenvalue weighted by atomic mass is 9.86. The Morgan fingerprint density at radius 1 is 1.42 bits per heavy atom. The maximum Gasteiger partial charge on any atom is 0.0952 e. The molecule has 1 fully saturated rings. The van der Waals surface area contributed by atoms with Crippen LogP contribution in [-0.2, 0) is 12.0 Å². The van der Waals surface area contributed by atoms with Crippen LogP contribution >= 0.6 is 0 Å². The molecule has 0 aliphatic carbocycles. The zero-order valence-electron chi connectivity index (χ0n) is 11.6. The van der Waals surface area contributed by atoms with Gasteiger partial charge in [-0.15, -0.1) is 0 Å². The summed E-state index contributed by atoms with van der Waals surface area (Å²) in [4.78, 5) is 8.91. The number of nitrogens with zero attached hydrogens (tertiary/aromatic N) is 3. The van der Waals surface area contributed by atoms with E-state index in [0.29, 0.717) is 0 Å². The molecule has 1 aliphatic heterocycles. The molecule has 0 saturated carbocycles. The molecule has 4 heteroatoms. The molecule has 3 heterocycles. The first-order chi connectivity index (χ1) is 9.17. The zero-order valence-corrected chi connectivity index (χ0v) is 11.6. The maximum atomic E-state index is 4.57. The predicted octanol–water partition coefficient (Wildman–Crippen LogP) is 1.89. The fourth-order valence-electron chi connectivity index (χ4n) is 2.85. The van der Waals surface area contributed by atoms with Crippen LogP contribution in [0.1, 0.15) is 30.4 Å². The molecule has 1 N–H and O–H groups in total. The van der Waals surface area contributed by atoms with E-state index in [9.17, 15) is 0 Å². The first kappa shape index (κ1) is 12.4. The lowest BCUT2D eigenvalue weighted by Crippen LogP contribution is -2.28. The summed E-state index contributed by atoms with van der Waals surface area (Å²) in [5.41, 5.74) is 3.66. The second-order valence-electron chi connectivity index (χ2n) is 5.66. The summed E-state index contributed by atoms with van der Waals surface area (Å²) < 4.78 is 2.23. The third-order valence-electron chi connectivity index (χ3n) is 3.98. The Hall–Kier alpha value is -1.68.